The lowest BCUT2D eigenvalue weighted by Crippen LogP contribution is -2.17. The lowest BCUT2D eigenvalue weighted by Gasteiger charge is -2.05. The Kier molecular flexibility index (Phi) is 14.1. The zero-order valence-electron chi connectivity index (χ0n) is 11.8. The van der Waals surface area contributed by atoms with E-state index in [4.69, 9.17) is 14.9 Å². The van der Waals surface area contributed by atoms with Crippen LogP contribution in [0.2, 0.25) is 0 Å². The molecule has 0 aromatic heterocycles. The number of unbranched alkanes of at least 4 members (excludes halogenated alkanes) is 8. The Labute approximate surface area is 112 Å². The second kappa shape index (κ2) is 14.5. The van der Waals surface area contributed by atoms with Crippen LogP contribution in [0, 0.1) is 0 Å². The molecule has 0 fully saturated rings. The zero-order valence-corrected chi connectivity index (χ0v) is 11.8. The normalized spacial score (nSPS) is 13.1. The van der Waals surface area contributed by atoms with E-state index in [9.17, 15) is 0 Å². The molecule has 0 rings (SSSR count). The number of hydrogen-bond acceptors (Lipinski definition) is 3. The Morgan fingerprint density at radius 3 is 2.22 bits per heavy atom. The Hall–Kier alpha value is -0.540. The average molecular weight is 258 g/mol. The summed E-state index contributed by atoms with van der Waals surface area (Å²) in [5.74, 6) is 0. The minimum atomic E-state index is -0.766. The van der Waals surface area contributed by atoms with Crippen LogP contribution < -0.4 is 0 Å². The van der Waals surface area contributed by atoms with Crippen molar-refractivity contribution in [3.8, 4) is 0 Å². The molecular formula is C15H30O3. The number of aliphatic hydroxyl groups is 2. The molecule has 0 aromatic carbocycles. The molecule has 1 atom stereocenters. The standard InChI is InChI=1S/C15H30O3/c1-2-3-4-5-6-7-8-9-10-11-12-18-14-15(17)13-16/h11-12,15-17H,2-10,13-14H2,1H3/b12-11-. The molecule has 18 heavy (non-hydrogen) atoms. The van der Waals surface area contributed by atoms with E-state index in [1.165, 1.54) is 51.4 Å². The van der Waals surface area contributed by atoms with Crippen molar-refractivity contribution in [2.24, 2.45) is 0 Å². The Morgan fingerprint density at radius 1 is 1.00 bits per heavy atom. The third-order valence-electron chi connectivity index (χ3n) is 2.92. The minimum Gasteiger partial charge on any atom is -0.499 e. The van der Waals surface area contributed by atoms with E-state index in [1.807, 2.05) is 6.08 Å². The van der Waals surface area contributed by atoms with Gasteiger partial charge in [-0.05, 0) is 18.9 Å². The topological polar surface area (TPSA) is 49.7 Å². The number of allylic oxidation sites excluding steroid dienone is 1. The molecule has 0 amide bonds. The van der Waals surface area contributed by atoms with Crippen molar-refractivity contribution in [1.82, 2.24) is 0 Å². The maximum Gasteiger partial charge on any atom is 0.115 e. The number of rotatable bonds is 13. The molecule has 0 saturated carbocycles. The first kappa shape index (κ1) is 17.5. The third-order valence-corrected chi connectivity index (χ3v) is 2.92. The zero-order chi connectivity index (χ0) is 13.5. The van der Waals surface area contributed by atoms with Gasteiger partial charge in [0.2, 0.25) is 0 Å². The van der Waals surface area contributed by atoms with Crippen LogP contribution in [0.25, 0.3) is 0 Å². The van der Waals surface area contributed by atoms with Crippen LogP contribution in [0.1, 0.15) is 64.7 Å². The molecule has 3 nitrogen and oxygen atoms in total. The Morgan fingerprint density at radius 2 is 1.61 bits per heavy atom. The van der Waals surface area contributed by atoms with Crippen LogP contribution in [0.15, 0.2) is 12.3 Å². The van der Waals surface area contributed by atoms with E-state index in [-0.39, 0.29) is 13.2 Å². The molecule has 0 saturated heterocycles. The van der Waals surface area contributed by atoms with Gasteiger partial charge in [0.05, 0.1) is 12.9 Å². The van der Waals surface area contributed by atoms with Crippen molar-refractivity contribution >= 4 is 0 Å². The highest BCUT2D eigenvalue weighted by Crippen LogP contribution is 2.09. The van der Waals surface area contributed by atoms with Gasteiger partial charge in [-0.1, -0.05) is 51.9 Å². The van der Waals surface area contributed by atoms with E-state index >= 15 is 0 Å². The summed E-state index contributed by atoms with van der Waals surface area (Å²) in [5, 5.41) is 17.6. The van der Waals surface area contributed by atoms with Crippen molar-refractivity contribution < 1.29 is 14.9 Å². The molecule has 0 radical (unpaired) electrons. The summed E-state index contributed by atoms with van der Waals surface area (Å²) in [7, 11) is 0. The Balaban J connectivity index is 3.08. The van der Waals surface area contributed by atoms with Crippen LogP contribution in [0.4, 0.5) is 0 Å². The molecule has 108 valence electrons. The first-order valence-electron chi connectivity index (χ1n) is 7.36. The van der Waals surface area contributed by atoms with Crippen molar-refractivity contribution in [2.45, 2.75) is 70.8 Å². The van der Waals surface area contributed by atoms with E-state index in [2.05, 4.69) is 6.92 Å². The molecule has 0 spiro atoms. The van der Waals surface area contributed by atoms with E-state index in [0.29, 0.717) is 0 Å². The lowest BCUT2D eigenvalue weighted by molar-refractivity contribution is 0.0383. The summed E-state index contributed by atoms with van der Waals surface area (Å²) in [6, 6.07) is 0. The largest absolute Gasteiger partial charge is 0.499 e. The summed E-state index contributed by atoms with van der Waals surface area (Å²) in [6.07, 6.45) is 14.5. The fourth-order valence-electron chi connectivity index (χ4n) is 1.75. The van der Waals surface area contributed by atoms with Gasteiger partial charge in [0.1, 0.15) is 12.7 Å². The van der Waals surface area contributed by atoms with E-state index in [1.54, 1.807) is 6.26 Å². The van der Waals surface area contributed by atoms with Gasteiger partial charge in [-0.2, -0.15) is 0 Å². The molecule has 0 aromatic rings. The molecule has 0 aliphatic rings. The maximum atomic E-state index is 9.01. The highest BCUT2D eigenvalue weighted by Gasteiger charge is 1.98. The SMILES string of the molecule is CCCCCCCCCC/C=C\OCC(O)CO. The quantitative estimate of drug-likeness (QED) is 0.393. The van der Waals surface area contributed by atoms with Crippen molar-refractivity contribution in [3.05, 3.63) is 12.3 Å². The van der Waals surface area contributed by atoms with Gasteiger partial charge in [-0.15, -0.1) is 0 Å². The molecule has 0 heterocycles. The van der Waals surface area contributed by atoms with Gasteiger partial charge >= 0.3 is 0 Å². The molecule has 0 bridgehead atoms. The van der Waals surface area contributed by atoms with Gasteiger partial charge < -0.3 is 14.9 Å². The van der Waals surface area contributed by atoms with Crippen LogP contribution in [-0.2, 0) is 4.74 Å². The van der Waals surface area contributed by atoms with Gasteiger partial charge in [-0.25, -0.2) is 0 Å². The average Bonchev–Trinajstić information content (AvgIpc) is 2.39. The fourth-order valence-corrected chi connectivity index (χ4v) is 1.75. The highest BCUT2D eigenvalue weighted by atomic mass is 16.5. The summed E-state index contributed by atoms with van der Waals surface area (Å²) in [6.45, 7) is 2.17. The second-order valence-electron chi connectivity index (χ2n) is 4.81. The lowest BCUT2D eigenvalue weighted by atomic mass is 10.1. The number of aliphatic hydroxyl groups excluding tert-OH is 2. The van der Waals surface area contributed by atoms with Gasteiger partial charge in [0.15, 0.2) is 0 Å². The fraction of sp³-hybridized carbons (Fsp3) is 0.867. The van der Waals surface area contributed by atoms with Crippen LogP contribution in [0.3, 0.4) is 0 Å². The van der Waals surface area contributed by atoms with Gasteiger partial charge in [0, 0.05) is 0 Å². The minimum absolute atomic E-state index is 0.171. The van der Waals surface area contributed by atoms with Gasteiger partial charge in [0.25, 0.3) is 0 Å². The van der Waals surface area contributed by atoms with E-state index in [0.717, 1.165) is 6.42 Å². The smallest absolute Gasteiger partial charge is 0.115 e. The molecule has 0 aliphatic carbocycles. The number of hydrogen-bond donors (Lipinski definition) is 2. The van der Waals surface area contributed by atoms with Crippen molar-refractivity contribution in [2.75, 3.05) is 13.2 Å². The van der Waals surface area contributed by atoms with Crippen LogP contribution in [0.5, 0.6) is 0 Å². The highest BCUT2D eigenvalue weighted by molar-refractivity contribution is 4.73. The van der Waals surface area contributed by atoms with Gasteiger partial charge in [-0.3, -0.25) is 0 Å². The van der Waals surface area contributed by atoms with E-state index < -0.39 is 6.10 Å². The second-order valence-corrected chi connectivity index (χ2v) is 4.81. The molecule has 0 aliphatic heterocycles. The number of ether oxygens (including phenoxy) is 1. The first-order valence-corrected chi connectivity index (χ1v) is 7.36. The Bertz CT molecular complexity index is 181. The third kappa shape index (κ3) is 13.5. The van der Waals surface area contributed by atoms with Crippen LogP contribution in [-0.4, -0.2) is 29.5 Å². The summed E-state index contributed by atoms with van der Waals surface area (Å²) in [4.78, 5) is 0. The predicted octanol–water partition coefficient (Wildman–Crippen LogP) is 3.40. The molecular weight excluding hydrogens is 228 g/mol. The monoisotopic (exact) mass is 258 g/mol. The van der Waals surface area contributed by atoms with Crippen molar-refractivity contribution in [1.29, 1.82) is 0 Å². The maximum absolute atomic E-state index is 9.01. The first-order chi connectivity index (χ1) is 8.81. The molecule has 1 unspecified atom stereocenters. The summed E-state index contributed by atoms with van der Waals surface area (Å²) >= 11 is 0. The summed E-state index contributed by atoms with van der Waals surface area (Å²) < 4.78 is 5.07. The predicted molar refractivity (Wildman–Crippen MR) is 75.4 cm³/mol. The van der Waals surface area contributed by atoms with Crippen molar-refractivity contribution in [3.63, 3.8) is 0 Å². The van der Waals surface area contributed by atoms with Crippen LogP contribution >= 0.6 is 0 Å². The molecule has 2 N–H and O–H groups in total. The molecule has 3 heteroatoms. The summed E-state index contributed by atoms with van der Waals surface area (Å²) in [5.41, 5.74) is 0.